The molecule has 8 nitrogen and oxygen atoms in total. The number of fused-ring (bicyclic) bond motifs is 1. The maximum absolute atomic E-state index is 13.4. The summed E-state index contributed by atoms with van der Waals surface area (Å²) in [5, 5.41) is 11.3. The van der Waals surface area contributed by atoms with Crippen molar-refractivity contribution in [2.45, 2.75) is 6.42 Å². The van der Waals surface area contributed by atoms with Crippen LogP contribution in [0.15, 0.2) is 24.5 Å². The number of hydrogen-bond donors (Lipinski definition) is 2. The molecule has 1 aliphatic heterocycles. The van der Waals surface area contributed by atoms with E-state index in [2.05, 4.69) is 15.4 Å². The number of nitro groups is 1. The SMILES string of the molecule is NNc1ncnc(N2CCc3ccc(F)cc32)c1[N+](=O)[O-]. The number of anilines is 3. The summed E-state index contributed by atoms with van der Waals surface area (Å²) in [4.78, 5) is 20.0. The van der Waals surface area contributed by atoms with Crippen LogP contribution < -0.4 is 16.2 Å². The fraction of sp³-hybridized carbons (Fsp3) is 0.167. The van der Waals surface area contributed by atoms with E-state index in [1.54, 1.807) is 11.0 Å². The van der Waals surface area contributed by atoms with E-state index in [0.29, 0.717) is 18.7 Å². The maximum Gasteiger partial charge on any atom is 0.355 e. The van der Waals surface area contributed by atoms with Gasteiger partial charge in [-0.05, 0) is 24.1 Å². The van der Waals surface area contributed by atoms with Gasteiger partial charge < -0.3 is 10.3 Å². The van der Waals surface area contributed by atoms with Crippen molar-refractivity contribution in [3.05, 3.63) is 46.0 Å². The Morgan fingerprint density at radius 2 is 2.24 bits per heavy atom. The highest BCUT2D eigenvalue weighted by molar-refractivity contribution is 5.78. The van der Waals surface area contributed by atoms with Crippen molar-refractivity contribution in [2.24, 2.45) is 5.84 Å². The van der Waals surface area contributed by atoms with Crippen LogP contribution in [-0.2, 0) is 6.42 Å². The highest BCUT2D eigenvalue weighted by Crippen LogP contribution is 2.40. The minimum absolute atomic E-state index is 0.0881. The summed E-state index contributed by atoms with van der Waals surface area (Å²) in [6.07, 6.45) is 1.83. The minimum Gasteiger partial charge on any atom is -0.320 e. The molecule has 2 aromatic rings. The van der Waals surface area contributed by atoms with E-state index in [-0.39, 0.29) is 17.3 Å². The van der Waals surface area contributed by atoms with Gasteiger partial charge in [-0.15, -0.1) is 0 Å². The van der Waals surface area contributed by atoms with E-state index < -0.39 is 10.7 Å². The smallest absolute Gasteiger partial charge is 0.320 e. The van der Waals surface area contributed by atoms with E-state index in [4.69, 9.17) is 5.84 Å². The van der Waals surface area contributed by atoms with E-state index in [0.717, 1.165) is 5.56 Å². The summed E-state index contributed by atoms with van der Waals surface area (Å²) >= 11 is 0. The summed E-state index contributed by atoms with van der Waals surface area (Å²) in [6.45, 7) is 0.473. The summed E-state index contributed by atoms with van der Waals surface area (Å²) < 4.78 is 13.4. The quantitative estimate of drug-likeness (QED) is 0.500. The highest BCUT2D eigenvalue weighted by atomic mass is 19.1. The number of aromatic nitrogens is 2. The van der Waals surface area contributed by atoms with Gasteiger partial charge in [0, 0.05) is 12.2 Å². The molecule has 1 aromatic carbocycles. The van der Waals surface area contributed by atoms with Gasteiger partial charge in [0.25, 0.3) is 0 Å². The van der Waals surface area contributed by atoms with Crippen molar-refractivity contribution in [3.63, 3.8) is 0 Å². The zero-order valence-corrected chi connectivity index (χ0v) is 10.8. The van der Waals surface area contributed by atoms with Gasteiger partial charge in [0.1, 0.15) is 12.1 Å². The van der Waals surface area contributed by atoms with Crippen molar-refractivity contribution in [1.82, 2.24) is 9.97 Å². The van der Waals surface area contributed by atoms with Crippen LogP contribution in [0, 0.1) is 15.9 Å². The second-order valence-corrected chi connectivity index (χ2v) is 4.47. The molecule has 108 valence electrons. The first-order chi connectivity index (χ1) is 10.1. The molecule has 3 rings (SSSR count). The first kappa shape index (κ1) is 13.2. The third-order valence-corrected chi connectivity index (χ3v) is 3.32. The molecule has 9 heteroatoms. The number of halogens is 1. The van der Waals surface area contributed by atoms with Gasteiger partial charge in [-0.2, -0.15) is 0 Å². The molecule has 21 heavy (non-hydrogen) atoms. The topological polar surface area (TPSA) is 110 Å². The first-order valence-corrected chi connectivity index (χ1v) is 6.14. The minimum atomic E-state index is -0.609. The predicted octanol–water partition coefficient (Wildman–Crippen LogP) is 1.50. The fourth-order valence-electron chi connectivity index (χ4n) is 2.41. The van der Waals surface area contributed by atoms with Crippen LogP contribution in [0.3, 0.4) is 0 Å². The third-order valence-electron chi connectivity index (χ3n) is 3.32. The molecular formula is C12H11FN6O2. The number of nitrogens with zero attached hydrogens (tertiary/aromatic N) is 4. The lowest BCUT2D eigenvalue weighted by atomic mass is 10.2. The second kappa shape index (κ2) is 4.94. The van der Waals surface area contributed by atoms with E-state index in [1.165, 1.54) is 18.5 Å². The molecule has 0 fully saturated rings. The van der Waals surface area contributed by atoms with Crippen LogP contribution in [0.1, 0.15) is 5.56 Å². The number of nitrogen functional groups attached to an aromatic ring is 1. The van der Waals surface area contributed by atoms with Crippen molar-refractivity contribution in [3.8, 4) is 0 Å². The van der Waals surface area contributed by atoms with Crippen LogP contribution in [-0.4, -0.2) is 21.4 Å². The molecule has 1 aromatic heterocycles. The summed E-state index contributed by atoms with van der Waals surface area (Å²) in [7, 11) is 0. The molecule has 2 heterocycles. The lowest BCUT2D eigenvalue weighted by Crippen LogP contribution is -2.19. The van der Waals surface area contributed by atoms with Crippen LogP contribution in [0.25, 0.3) is 0 Å². The van der Waals surface area contributed by atoms with Crippen LogP contribution in [0.4, 0.5) is 27.4 Å². The molecule has 0 unspecified atom stereocenters. The Kier molecular flexibility index (Phi) is 3.10. The lowest BCUT2D eigenvalue weighted by molar-refractivity contribution is -0.383. The molecule has 0 aliphatic carbocycles. The molecule has 1 aliphatic rings. The zero-order valence-electron chi connectivity index (χ0n) is 10.8. The van der Waals surface area contributed by atoms with E-state index >= 15 is 0 Å². The molecule has 0 saturated carbocycles. The fourth-order valence-corrected chi connectivity index (χ4v) is 2.41. The second-order valence-electron chi connectivity index (χ2n) is 4.47. The van der Waals surface area contributed by atoms with E-state index in [9.17, 15) is 14.5 Å². The molecule has 0 amide bonds. The normalized spacial score (nSPS) is 13.1. The molecular weight excluding hydrogens is 279 g/mol. The largest absolute Gasteiger partial charge is 0.355 e. The highest BCUT2D eigenvalue weighted by Gasteiger charge is 2.31. The number of nitrogens with two attached hydrogens (primary N) is 1. The van der Waals surface area contributed by atoms with Crippen LogP contribution >= 0.6 is 0 Å². The van der Waals surface area contributed by atoms with Crippen molar-refractivity contribution in [2.75, 3.05) is 16.9 Å². The Morgan fingerprint density at radius 1 is 1.43 bits per heavy atom. The average Bonchev–Trinajstić information content (AvgIpc) is 2.89. The van der Waals surface area contributed by atoms with E-state index in [1.807, 2.05) is 0 Å². The Labute approximate surface area is 118 Å². The lowest BCUT2D eigenvalue weighted by Gasteiger charge is -2.18. The van der Waals surface area contributed by atoms with Crippen molar-refractivity contribution >= 4 is 23.0 Å². The monoisotopic (exact) mass is 290 g/mol. The molecule has 3 N–H and O–H groups in total. The predicted molar refractivity (Wildman–Crippen MR) is 73.6 cm³/mol. The Morgan fingerprint density at radius 3 is 2.95 bits per heavy atom. The Hall–Kier alpha value is -2.81. The number of hydrogen-bond acceptors (Lipinski definition) is 7. The number of rotatable bonds is 3. The van der Waals surface area contributed by atoms with Gasteiger partial charge in [0.2, 0.25) is 11.6 Å². The van der Waals surface area contributed by atoms with Gasteiger partial charge in [0.05, 0.1) is 4.92 Å². The standard InChI is InChI=1S/C12H11FN6O2/c13-8-2-1-7-3-4-18(9(7)5-8)12-10(19(20)21)11(17-14)15-6-16-12/h1-2,5-6H,3-4,14H2,(H,15,16,17). The number of benzene rings is 1. The maximum atomic E-state index is 13.4. The molecule has 0 radical (unpaired) electrons. The molecule has 0 atom stereocenters. The van der Waals surface area contributed by atoms with Gasteiger partial charge in [-0.3, -0.25) is 10.1 Å². The van der Waals surface area contributed by atoms with Gasteiger partial charge in [-0.1, -0.05) is 6.07 Å². The van der Waals surface area contributed by atoms with Gasteiger partial charge >= 0.3 is 5.69 Å². The van der Waals surface area contributed by atoms with Crippen molar-refractivity contribution < 1.29 is 9.31 Å². The Bertz CT molecular complexity index is 723. The first-order valence-electron chi connectivity index (χ1n) is 6.14. The van der Waals surface area contributed by atoms with Gasteiger partial charge in [0.15, 0.2) is 0 Å². The van der Waals surface area contributed by atoms with Gasteiger partial charge in [-0.25, -0.2) is 20.2 Å². The molecule has 0 spiro atoms. The Balaban J connectivity index is 2.16. The molecule has 0 bridgehead atoms. The van der Waals surface area contributed by atoms with Crippen LogP contribution in [0.5, 0.6) is 0 Å². The summed E-state index contributed by atoms with van der Waals surface area (Å²) in [5.74, 6) is 4.85. The van der Waals surface area contributed by atoms with Crippen LogP contribution in [0.2, 0.25) is 0 Å². The van der Waals surface area contributed by atoms with Crippen molar-refractivity contribution in [1.29, 1.82) is 0 Å². The molecule has 0 saturated heterocycles. The number of nitrogens with one attached hydrogen (secondary N) is 1. The zero-order chi connectivity index (χ0) is 15.0. The average molecular weight is 290 g/mol. The summed E-state index contributed by atoms with van der Waals surface area (Å²) in [6, 6.07) is 4.37. The summed E-state index contributed by atoms with van der Waals surface area (Å²) in [5.41, 5.74) is 3.32. The number of hydrazine groups is 1. The third kappa shape index (κ3) is 2.13.